The van der Waals surface area contributed by atoms with Crippen molar-refractivity contribution in [2.45, 2.75) is 104 Å². The summed E-state index contributed by atoms with van der Waals surface area (Å²) in [4.78, 5) is 11.2. The molecule has 0 amide bonds. The monoisotopic (exact) mass is 334 g/mol. The minimum absolute atomic E-state index is 0.124. The van der Waals surface area contributed by atoms with Crippen LogP contribution in [0.5, 0.6) is 0 Å². The molecule has 1 rings (SSSR count). The van der Waals surface area contributed by atoms with Gasteiger partial charge >= 0.3 is 0 Å². The Morgan fingerprint density at radius 1 is 0.875 bits per heavy atom. The fourth-order valence-electron chi connectivity index (χ4n) is 3.32. The molecule has 0 bridgehead atoms. The van der Waals surface area contributed by atoms with Crippen LogP contribution in [-0.2, 0) is 11.2 Å². The van der Waals surface area contributed by atoms with Gasteiger partial charge in [-0.3, -0.25) is 0 Å². The molecule has 0 saturated heterocycles. The van der Waals surface area contributed by atoms with Crippen LogP contribution in [0.3, 0.4) is 0 Å². The highest BCUT2D eigenvalue weighted by Gasteiger charge is 2.10. The lowest BCUT2D eigenvalue weighted by atomic mass is 9.97. The SMILES string of the molecule is CCCCCCCCCCCCCCC(C=O)Cc1ccc(C)o1. The zero-order valence-corrected chi connectivity index (χ0v) is 16.0. The van der Waals surface area contributed by atoms with Gasteiger partial charge in [0, 0.05) is 12.3 Å². The number of aldehydes is 1. The van der Waals surface area contributed by atoms with Crippen molar-refractivity contribution in [2.24, 2.45) is 5.92 Å². The first-order valence-electron chi connectivity index (χ1n) is 10.3. The molecule has 1 atom stereocenters. The number of aryl methyl sites for hydroxylation is 1. The Morgan fingerprint density at radius 2 is 1.42 bits per heavy atom. The maximum absolute atomic E-state index is 11.2. The Kier molecular flexibility index (Phi) is 12.5. The molecule has 0 aliphatic carbocycles. The van der Waals surface area contributed by atoms with E-state index in [9.17, 15) is 4.79 Å². The number of furan rings is 1. The standard InChI is InChI=1S/C22H38O2/c1-3-4-5-6-7-8-9-10-11-12-13-14-15-21(19-23)18-22-17-16-20(2)24-22/h16-17,19,21H,3-15,18H2,1-2H3. The van der Waals surface area contributed by atoms with Gasteiger partial charge < -0.3 is 9.21 Å². The highest BCUT2D eigenvalue weighted by atomic mass is 16.3. The van der Waals surface area contributed by atoms with Crippen molar-refractivity contribution >= 4 is 6.29 Å². The minimum Gasteiger partial charge on any atom is -0.466 e. The van der Waals surface area contributed by atoms with Gasteiger partial charge in [-0.15, -0.1) is 0 Å². The second-order valence-electron chi connectivity index (χ2n) is 7.29. The number of carbonyl (C=O) groups excluding carboxylic acids is 1. The van der Waals surface area contributed by atoms with Crippen LogP contribution in [0.4, 0.5) is 0 Å². The Morgan fingerprint density at radius 3 is 1.88 bits per heavy atom. The molecule has 1 unspecified atom stereocenters. The first kappa shape index (κ1) is 21.0. The fourth-order valence-corrected chi connectivity index (χ4v) is 3.32. The van der Waals surface area contributed by atoms with Gasteiger partial charge in [-0.2, -0.15) is 0 Å². The van der Waals surface area contributed by atoms with E-state index in [-0.39, 0.29) is 5.92 Å². The summed E-state index contributed by atoms with van der Waals surface area (Å²) in [6, 6.07) is 3.97. The highest BCUT2D eigenvalue weighted by molar-refractivity contribution is 5.53. The Labute approximate surface area is 149 Å². The van der Waals surface area contributed by atoms with E-state index in [4.69, 9.17) is 4.42 Å². The summed E-state index contributed by atoms with van der Waals surface area (Å²) in [6.45, 7) is 4.22. The van der Waals surface area contributed by atoms with E-state index in [2.05, 4.69) is 6.92 Å². The van der Waals surface area contributed by atoms with E-state index in [0.717, 1.165) is 30.6 Å². The fraction of sp³-hybridized carbons (Fsp3) is 0.773. The largest absolute Gasteiger partial charge is 0.466 e. The Bertz CT molecular complexity index is 408. The van der Waals surface area contributed by atoms with Gasteiger partial charge in [0.15, 0.2) is 0 Å². The molecular weight excluding hydrogens is 296 g/mol. The molecular formula is C22H38O2. The van der Waals surface area contributed by atoms with E-state index in [1.165, 1.54) is 77.0 Å². The molecule has 0 saturated carbocycles. The first-order valence-corrected chi connectivity index (χ1v) is 10.3. The third-order valence-corrected chi connectivity index (χ3v) is 4.88. The summed E-state index contributed by atoms with van der Waals surface area (Å²) in [5, 5.41) is 0. The van der Waals surface area contributed by atoms with Gasteiger partial charge in [-0.05, 0) is 25.5 Å². The van der Waals surface area contributed by atoms with E-state index in [1.54, 1.807) is 0 Å². The van der Waals surface area contributed by atoms with Crippen molar-refractivity contribution in [3.8, 4) is 0 Å². The summed E-state index contributed by atoms with van der Waals surface area (Å²) in [6.07, 6.45) is 19.2. The smallest absolute Gasteiger partial charge is 0.123 e. The molecule has 24 heavy (non-hydrogen) atoms. The van der Waals surface area contributed by atoms with Crippen LogP contribution in [0.1, 0.15) is 102 Å². The lowest BCUT2D eigenvalue weighted by molar-refractivity contribution is -0.111. The zero-order chi connectivity index (χ0) is 17.5. The van der Waals surface area contributed by atoms with E-state index >= 15 is 0 Å². The van der Waals surface area contributed by atoms with Gasteiger partial charge in [0.05, 0.1) is 0 Å². The molecule has 0 spiro atoms. The van der Waals surface area contributed by atoms with Crippen molar-refractivity contribution in [2.75, 3.05) is 0 Å². The molecule has 0 aliphatic heterocycles. The summed E-state index contributed by atoms with van der Waals surface area (Å²) >= 11 is 0. The number of rotatable bonds is 16. The van der Waals surface area contributed by atoms with E-state index < -0.39 is 0 Å². The Balaban J connectivity index is 1.90. The molecule has 2 nitrogen and oxygen atoms in total. The number of unbranched alkanes of at least 4 members (excludes halogenated alkanes) is 11. The second-order valence-corrected chi connectivity index (χ2v) is 7.29. The number of hydrogen-bond donors (Lipinski definition) is 0. The van der Waals surface area contributed by atoms with Crippen molar-refractivity contribution in [1.29, 1.82) is 0 Å². The highest BCUT2D eigenvalue weighted by Crippen LogP contribution is 2.18. The molecule has 138 valence electrons. The summed E-state index contributed by atoms with van der Waals surface area (Å²) < 4.78 is 5.57. The Hall–Kier alpha value is -1.05. The quantitative estimate of drug-likeness (QED) is 0.240. The summed E-state index contributed by atoms with van der Waals surface area (Å²) in [7, 11) is 0. The van der Waals surface area contributed by atoms with Crippen molar-refractivity contribution in [3.05, 3.63) is 23.7 Å². The van der Waals surface area contributed by atoms with Crippen LogP contribution in [0, 0.1) is 12.8 Å². The van der Waals surface area contributed by atoms with Crippen LogP contribution in [0.15, 0.2) is 16.5 Å². The van der Waals surface area contributed by atoms with Gasteiger partial charge in [0.2, 0.25) is 0 Å². The van der Waals surface area contributed by atoms with Crippen molar-refractivity contribution in [1.82, 2.24) is 0 Å². The van der Waals surface area contributed by atoms with Gasteiger partial charge in [0.25, 0.3) is 0 Å². The van der Waals surface area contributed by atoms with Crippen molar-refractivity contribution in [3.63, 3.8) is 0 Å². The topological polar surface area (TPSA) is 30.2 Å². The van der Waals surface area contributed by atoms with Crippen LogP contribution < -0.4 is 0 Å². The average Bonchev–Trinajstić information content (AvgIpc) is 2.99. The molecule has 1 heterocycles. The van der Waals surface area contributed by atoms with E-state index in [1.807, 2.05) is 19.1 Å². The van der Waals surface area contributed by atoms with Crippen molar-refractivity contribution < 1.29 is 9.21 Å². The van der Waals surface area contributed by atoms with Gasteiger partial charge in [-0.25, -0.2) is 0 Å². The second kappa shape index (κ2) is 14.3. The summed E-state index contributed by atoms with van der Waals surface area (Å²) in [5.41, 5.74) is 0. The van der Waals surface area contributed by atoms with Crippen LogP contribution in [0.25, 0.3) is 0 Å². The normalized spacial score (nSPS) is 12.4. The predicted octanol–water partition coefficient (Wildman–Crippen LogP) is 7.04. The maximum atomic E-state index is 11.2. The third-order valence-electron chi connectivity index (χ3n) is 4.88. The third kappa shape index (κ3) is 10.7. The number of carbonyl (C=O) groups is 1. The number of hydrogen-bond acceptors (Lipinski definition) is 2. The molecule has 0 aromatic carbocycles. The summed E-state index contributed by atoms with van der Waals surface area (Å²) in [5.74, 6) is 2.00. The molecule has 2 heteroatoms. The van der Waals surface area contributed by atoms with Gasteiger partial charge in [0.1, 0.15) is 17.8 Å². The van der Waals surface area contributed by atoms with E-state index in [0.29, 0.717) is 0 Å². The lowest BCUT2D eigenvalue weighted by Crippen LogP contribution is -2.05. The minimum atomic E-state index is 0.124. The molecule has 1 aromatic rings. The first-order chi connectivity index (χ1) is 11.8. The predicted molar refractivity (Wildman–Crippen MR) is 102 cm³/mol. The lowest BCUT2D eigenvalue weighted by Gasteiger charge is -2.08. The zero-order valence-electron chi connectivity index (χ0n) is 16.0. The maximum Gasteiger partial charge on any atom is 0.123 e. The molecule has 0 N–H and O–H groups in total. The van der Waals surface area contributed by atoms with Crippen LogP contribution >= 0.6 is 0 Å². The molecule has 0 radical (unpaired) electrons. The molecule has 1 aromatic heterocycles. The van der Waals surface area contributed by atoms with Crippen LogP contribution in [-0.4, -0.2) is 6.29 Å². The molecule has 0 fully saturated rings. The molecule has 0 aliphatic rings. The van der Waals surface area contributed by atoms with Crippen LogP contribution in [0.2, 0.25) is 0 Å². The van der Waals surface area contributed by atoms with Gasteiger partial charge in [-0.1, -0.05) is 84.0 Å². The average molecular weight is 335 g/mol.